The molecule has 0 atom stereocenters. The van der Waals surface area contributed by atoms with Gasteiger partial charge in [-0.05, 0) is 0 Å². The first-order valence-electron chi connectivity index (χ1n) is 7.30. The van der Waals surface area contributed by atoms with E-state index in [4.69, 9.17) is 0 Å². The number of benzene rings is 3. The van der Waals surface area contributed by atoms with E-state index in [9.17, 15) is 8.42 Å². The molecule has 0 radical (unpaired) electrons. The topological polar surface area (TPSA) is 58.2 Å². The third-order valence-corrected chi connectivity index (χ3v) is 6.87. The second-order valence-corrected chi connectivity index (χ2v) is 8.42. The van der Waals surface area contributed by atoms with E-state index in [0.29, 0.717) is 10.6 Å². The molecule has 0 spiro atoms. The summed E-state index contributed by atoms with van der Waals surface area (Å²) in [6.45, 7) is 0. The Morgan fingerprint density at radius 3 is 1.88 bits per heavy atom. The average molecular weight is 403 g/mol. The van der Waals surface area contributed by atoms with E-state index in [1.807, 2.05) is 48.5 Å². The van der Waals surface area contributed by atoms with Crippen LogP contribution in [-0.4, -0.2) is 23.6 Å². The number of sulfonamides is 1. The van der Waals surface area contributed by atoms with Crippen molar-refractivity contribution in [2.45, 2.75) is 4.90 Å². The summed E-state index contributed by atoms with van der Waals surface area (Å²) >= 11 is -0.205. The zero-order valence-electron chi connectivity index (χ0n) is 12.7. The van der Waals surface area contributed by atoms with Crippen molar-refractivity contribution in [2.24, 2.45) is 0 Å². The molecule has 0 aliphatic rings. The minimum atomic E-state index is -3.62. The molecule has 0 bridgehead atoms. The van der Waals surface area contributed by atoms with Gasteiger partial charge in [-0.15, -0.1) is 0 Å². The molecule has 0 unspecified atom stereocenters. The molecule has 0 aromatic heterocycles. The van der Waals surface area contributed by atoms with Crippen molar-refractivity contribution in [3.8, 4) is 0 Å². The van der Waals surface area contributed by atoms with Crippen LogP contribution in [0.2, 0.25) is 0 Å². The second-order valence-electron chi connectivity index (χ2n) is 4.99. The molecule has 3 rings (SSSR count). The Morgan fingerprint density at radius 1 is 0.667 bits per heavy atom. The summed E-state index contributed by atoms with van der Waals surface area (Å²) in [4.78, 5) is 0.303. The predicted octanol–water partition coefficient (Wildman–Crippen LogP) is 2.84. The molecule has 0 fully saturated rings. The molecule has 0 saturated heterocycles. The fraction of sp³-hybridized carbons (Fsp3) is 0. The summed E-state index contributed by atoms with van der Waals surface area (Å²) in [7, 11) is -3.62. The molecule has 4 nitrogen and oxygen atoms in total. The fourth-order valence-electron chi connectivity index (χ4n) is 2.09. The zero-order chi connectivity index (χ0) is 16.8. The minimum absolute atomic E-state index is 0.205. The number of anilines is 2. The van der Waals surface area contributed by atoms with Gasteiger partial charge in [-0.3, -0.25) is 0 Å². The van der Waals surface area contributed by atoms with Crippen LogP contribution in [0.15, 0.2) is 89.8 Å². The van der Waals surface area contributed by atoms with Crippen LogP contribution in [0, 0.1) is 0 Å². The van der Waals surface area contributed by atoms with Crippen LogP contribution < -0.4 is 13.5 Å². The van der Waals surface area contributed by atoms with Crippen LogP contribution in [0.3, 0.4) is 0 Å². The van der Waals surface area contributed by atoms with E-state index in [1.54, 1.807) is 36.4 Å². The van der Waals surface area contributed by atoms with Crippen LogP contribution in [0.5, 0.6) is 0 Å². The van der Waals surface area contributed by atoms with Crippen molar-refractivity contribution in [3.05, 3.63) is 84.9 Å². The molecule has 0 aliphatic heterocycles. The predicted molar refractivity (Wildman–Crippen MR) is 99.1 cm³/mol. The van der Waals surface area contributed by atoms with Gasteiger partial charge in [0.25, 0.3) is 0 Å². The van der Waals surface area contributed by atoms with Gasteiger partial charge in [-0.25, -0.2) is 0 Å². The van der Waals surface area contributed by atoms with Gasteiger partial charge in [0.05, 0.1) is 0 Å². The molecule has 0 amide bonds. The molecule has 3 aromatic carbocycles. The van der Waals surface area contributed by atoms with Crippen LogP contribution in [-0.2, 0) is 10.0 Å². The quantitative estimate of drug-likeness (QED) is 0.623. The Labute approximate surface area is 148 Å². The second kappa shape index (κ2) is 7.53. The number of hydrogen-bond acceptors (Lipinski definition) is 3. The van der Waals surface area contributed by atoms with Gasteiger partial charge in [0.1, 0.15) is 0 Å². The molecule has 0 saturated carbocycles. The molecule has 3 aromatic rings. The summed E-state index contributed by atoms with van der Waals surface area (Å²) < 4.78 is 32.1. The Morgan fingerprint density at radius 2 is 1.21 bits per heavy atom. The Balaban J connectivity index is 1.83. The number of hydrogen-bond donors (Lipinski definition) is 2. The van der Waals surface area contributed by atoms with Gasteiger partial charge in [-0.2, -0.15) is 0 Å². The summed E-state index contributed by atoms with van der Waals surface area (Å²) in [6.07, 6.45) is 0. The normalized spacial score (nSPS) is 11.0. The van der Waals surface area contributed by atoms with Gasteiger partial charge >= 0.3 is 148 Å². The monoisotopic (exact) mass is 404 g/mol. The van der Waals surface area contributed by atoms with E-state index < -0.39 is 10.0 Å². The van der Waals surface area contributed by atoms with Crippen molar-refractivity contribution in [2.75, 3.05) is 9.06 Å². The standard InChI is InChI=1S/C18H16N2O2SSe/c21-23(22,19-15-9-3-1-4-10-15)17-13-7-8-14-18(17)24-20-16-11-5-2-6-12-16/h1-14,19-20H. The maximum absolute atomic E-state index is 12.7. The first kappa shape index (κ1) is 16.6. The van der Waals surface area contributed by atoms with E-state index in [2.05, 4.69) is 9.06 Å². The molecular formula is C18H16N2O2SSe. The van der Waals surface area contributed by atoms with Crippen LogP contribution in [0.4, 0.5) is 11.4 Å². The third kappa shape index (κ3) is 4.17. The van der Waals surface area contributed by atoms with E-state index >= 15 is 0 Å². The molecule has 122 valence electrons. The van der Waals surface area contributed by atoms with Crippen LogP contribution >= 0.6 is 0 Å². The number of para-hydroxylation sites is 2. The third-order valence-electron chi connectivity index (χ3n) is 3.22. The Bertz CT molecular complexity index is 901. The average Bonchev–Trinajstić information content (AvgIpc) is 2.61. The van der Waals surface area contributed by atoms with E-state index in [0.717, 1.165) is 10.1 Å². The number of nitrogens with one attached hydrogen (secondary N) is 2. The summed E-state index contributed by atoms with van der Waals surface area (Å²) in [5.74, 6) is 0. The van der Waals surface area contributed by atoms with E-state index in [1.165, 1.54) is 0 Å². The summed E-state index contributed by atoms with van der Waals surface area (Å²) in [5.41, 5.74) is 1.52. The zero-order valence-corrected chi connectivity index (χ0v) is 15.2. The molecule has 2 N–H and O–H groups in total. The maximum atomic E-state index is 12.7. The van der Waals surface area contributed by atoms with Gasteiger partial charge in [-0.1, -0.05) is 0 Å². The number of rotatable bonds is 6. The molecule has 0 aliphatic carbocycles. The van der Waals surface area contributed by atoms with Crippen LogP contribution in [0.1, 0.15) is 0 Å². The molecule has 0 heterocycles. The first-order chi connectivity index (χ1) is 11.6. The van der Waals surface area contributed by atoms with Gasteiger partial charge in [0, 0.05) is 0 Å². The van der Waals surface area contributed by atoms with Gasteiger partial charge in [0.15, 0.2) is 0 Å². The summed E-state index contributed by atoms with van der Waals surface area (Å²) in [6, 6.07) is 25.7. The van der Waals surface area contributed by atoms with Crippen molar-refractivity contribution >= 4 is 41.0 Å². The van der Waals surface area contributed by atoms with Crippen molar-refractivity contribution in [3.63, 3.8) is 0 Å². The van der Waals surface area contributed by atoms with Crippen LogP contribution in [0.25, 0.3) is 0 Å². The van der Waals surface area contributed by atoms with Crippen molar-refractivity contribution in [1.29, 1.82) is 0 Å². The van der Waals surface area contributed by atoms with Crippen molar-refractivity contribution < 1.29 is 8.42 Å². The molecular weight excluding hydrogens is 387 g/mol. The molecule has 6 heteroatoms. The van der Waals surface area contributed by atoms with E-state index in [-0.39, 0.29) is 15.2 Å². The fourth-order valence-corrected chi connectivity index (χ4v) is 5.57. The Kier molecular flexibility index (Phi) is 5.20. The first-order valence-corrected chi connectivity index (χ1v) is 10.5. The SMILES string of the molecule is O=S(=O)(Nc1ccccc1)c1ccccc1[Se]Nc1ccccc1. The van der Waals surface area contributed by atoms with Gasteiger partial charge < -0.3 is 0 Å². The molecule has 24 heavy (non-hydrogen) atoms. The summed E-state index contributed by atoms with van der Waals surface area (Å²) in [5, 5.41) is 0. The Hall–Kier alpha value is -2.27. The van der Waals surface area contributed by atoms with Gasteiger partial charge in [0.2, 0.25) is 0 Å². The van der Waals surface area contributed by atoms with Crippen molar-refractivity contribution in [1.82, 2.24) is 0 Å².